The number of carbonyl (C=O) groups excluding carboxylic acids is 2. The van der Waals surface area contributed by atoms with Crippen LogP contribution in [-0.2, 0) is 4.79 Å². The molecule has 100 valence electrons. The lowest BCUT2D eigenvalue weighted by atomic mass is 10.2. The molecule has 0 aromatic carbocycles. The van der Waals surface area contributed by atoms with Crippen LogP contribution in [0.5, 0.6) is 0 Å². The standard InChI is InChI=1S/C11H23N3O2S/c1-6-12-10(16)14-9(15)8(2)13-7-11(3,4)17-5/h8,13H,6-7H2,1-5H3,(H2,12,14,15,16). The van der Waals surface area contributed by atoms with Gasteiger partial charge in [0.05, 0.1) is 6.04 Å². The van der Waals surface area contributed by atoms with Crippen molar-refractivity contribution in [2.75, 3.05) is 19.3 Å². The SMILES string of the molecule is CCNC(=O)NC(=O)C(C)NCC(C)(C)SC. The minimum Gasteiger partial charge on any atom is -0.338 e. The van der Waals surface area contributed by atoms with Crippen molar-refractivity contribution in [2.45, 2.75) is 38.5 Å². The van der Waals surface area contributed by atoms with E-state index in [4.69, 9.17) is 0 Å². The lowest BCUT2D eigenvalue weighted by Gasteiger charge is -2.24. The average molecular weight is 261 g/mol. The van der Waals surface area contributed by atoms with Gasteiger partial charge in [0.2, 0.25) is 5.91 Å². The molecule has 0 saturated heterocycles. The summed E-state index contributed by atoms with van der Waals surface area (Å²) >= 11 is 1.73. The van der Waals surface area contributed by atoms with E-state index in [0.717, 1.165) is 0 Å². The zero-order valence-corrected chi connectivity index (χ0v) is 12.0. The van der Waals surface area contributed by atoms with Gasteiger partial charge in [-0.15, -0.1) is 0 Å². The van der Waals surface area contributed by atoms with E-state index in [0.29, 0.717) is 13.1 Å². The average Bonchev–Trinajstić information content (AvgIpc) is 2.26. The number of hydrogen-bond donors (Lipinski definition) is 3. The van der Waals surface area contributed by atoms with Gasteiger partial charge in [-0.3, -0.25) is 10.1 Å². The quantitative estimate of drug-likeness (QED) is 0.666. The molecule has 3 amide bonds. The number of imide groups is 1. The molecule has 3 N–H and O–H groups in total. The molecule has 0 spiro atoms. The highest BCUT2D eigenvalue weighted by Crippen LogP contribution is 2.19. The maximum atomic E-state index is 11.6. The zero-order valence-electron chi connectivity index (χ0n) is 11.2. The second-order valence-electron chi connectivity index (χ2n) is 4.42. The number of hydrogen-bond acceptors (Lipinski definition) is 4. The fourth-order valence-corrected chi connectivity index (χ4v) is 1.22. The summed E-state index contributed by atoms with van der Waals surface area (Å²) in [7, 11) is 0. The third-order valence-corrected chi connectivity index (χ3v) is 3.60. The highest BCUT2D eigenvalue weighted by Gasteiger charge is 2.20. The van der Waals surface area contributed by atoms with Crippen LogP contribution in [-0.4, -0.2) is 42.1 Å². The van der Waals surface area contributed by atoms with Gasteiger partial charge in [0.25, 0.3) is 0 Å². The minimum absolute atomic E-state index is 0.0697. The van der Waals surface area contributed by atoms with Crippen molar-refractivity contribution in [3.8, 4) is 0 Å². The normalized spacial score (nSPS) is 13.0. The molecule has 0 fully saturated rings. The predicted octanol–water partition coefficient (Wildman–Crippen LogP) is 0.952. The first-order valence-corrected chi connectivity index (χ1v) is 6.92. The van der Waals surface area contributed by atoms with E-state index in [9.17, 15) is 9.59 Å². The topological polar surface area (TPSA) is 70.2 Å². The second kappa shape index (κ2) is 7.55. The van der Waals surface area contributed by atoms with Gasteiger partial charge >= 0.3 is 6.03 Å². The summed E-state index contributed by atoms with van der Waals surface area (Å²) in [4.78, 5) is 22.7. The lowest BCUT2D eigenvalue weighted by molar-refractivity contribution is -0.121. The molecule has 17 heavy (non-hydrogen) atoms. The molecule has 0 aliphatic carbocycles. The number of urea groups is 1. The maximum absolute atomic E-state index is 11.6. The summed E-state index contributed by atoms with van der Waals surface area (Å²) in [6.45, 7) is 8.94. The number of rotatable bonds is 6. The van der Waals surface area contributed by atoms with Gasteiger partial charge in [0, 0.05) is 17.8 Å². The van der Waals surface area contributed by atoms with Gasteiger partial charge in [0.1, 0.15) is 0 Å². The van der Waals surface area contributed by atoms with E-state index < -0.39 is 6.03 Å². The van der Waals surface area contributed by atoms with Crippen molar-refractivity contribution in [2.24, 2.45) is 0 Å². The van der Waals surface area contributed by atoms with E-state index in [-0.39, 0.29) is 16.7 Å². The first kappa shape index (κ1) is 16.2. The van der Waals surface area contributed by atoms with Gasteiger partial charge in [-0.05, 0) is 34.0 Å². The summed E-state index contributed by atoms with van der Waals surface area (Å²) in [5.74, 6) is -0.312. The Morgan fingerprint density at radius 2 is 1.94 bits per heavy atom. The third kappa shape index (κ3) is 7.23. The molecule has 6 heteroatoms. The summed E-state index contributed by atoms with van der Waals surface area (Å²) < 4.78 is 0.0697. The minimum atomic E-state index is -0.449. The van der Waals surface area contributed by atoms with Crippen molar-refractivity contribution in [3.63, 3.8) is 0 Å². The Hall–Kier alpha value is -0.750. The number of carbonyl (C=O) groups is 2. The molecule has 0 aliphatic heterocycles. The van der Waals surface area contributed by atoms with E-state index >= 15 is 0 Å². The predicted molar refractivity (Wildman–Crippen MR) is 72.3 cm³/mol. The Bertz CT molecular complexity index is 269. The number of amides is 3. The molecule has 0 aromatic rings. The van der Waals surface area contributed by atoms with Crippen molar-refractivity contribution in [1.29, 1.82) is 0 Å². The zero-order chi connectivity index (χ0) is 13.5. The molecule has 0 aromatic heterocycles. The van der Waals surface area contributed by atoms with Gasteiger partial charge in [-0.25, -0.2) is 4.79 Å². The van der Waals surface area contributed by atoms with Crippen molar-refractivity contribution >= 4 is 23.7 Å². The largest absolute Gasteiger partial charge is 0.338 e. The lowest BCUT2D eigenvalue weighted by Crippen LogP contribution is -2.50. The molecule has 0 bridgehead atoms. The smallest absolute Gasteiger partial charge is 0.321 e. The van der Waals surface area contributed by atoms with Gasteiger partial charge in [-0.2, -0.15) is 11.8 Å². The third-order valence-electron chi connectivity index (χ3n) is 2.35. The molecular weight excluding hydrogens is 238 g/mol. The van der Waals surface area contributed by atoms with Crippen LogP contribution in [0.1, 0.15) is 27.7 Å². The van der Waals surface area contributed by atoms with Gasteiger partial charge in [-0.1, -0.05) is 0 Å². The summed E-state index contributed by atoms with van der Waals surface area (Å²) in [6, 6.07) is -0.834. The van der Waals surface area contributed by atoms with E-state index in [1.165, 1.54) is 0 Å². The van der Waals surface area contributed by atoms with E-state index in [2.05, 4.69) is 29.8 Å². The van der Waals surface area contributed by atoms with Crippen LogP contribution in [0.4, 0.5) is 4.79 Å². The van der Waals surface area contributed by atoms with Crippen molar-refractivity contribution < 1.29 is 9.59 Å². The molecule has 1 atom stereocenters. The Kier molecular flexibility index (Phi) is 7.22. The summed E-state index contributed by atoms with van der Waals surface area (Å²) in [5.41, 5.74) is 0. The number of nitrogens with one attached hydrogen (secondary N) is 3. The molecule has 0 heterocycles. The Morgan fingerprint density at radius 1 is 1.35 bits per heavy atom. The highest BCUT2D eigenvalue weighted by atomic mass is 32.2. The van der Waals surface area contributed by atoms with Crippen LogP contribution < -0.4 is 16.0 Å². The van der Waals surface area contributed by atoms with Crippen molar-refractivity contribution in [3.05, 3.63) is 0 Å². The summed E-state index contributed by atoms with van der Waals surface area (Å²) in [5, 5.41) is 7.90. The molecule has 5 nitrogen and oxygen atoms in total. The van der Waals surface area contributed by atoms with Crippen LogP contribution in [0, 0.1) is 0 Å². The fourth-order valence-electron chi connectivity index (χ4n) is 0.989. The molecule has 0 rings (SSSR count). The highest BCUT2D eigenvalue weighted by molar-refractivity contribution is 7.99. The molecule has 0 aliphatic rings. The van der Waals surface area contributed by atoms with Crippen LogP contribution in [0.25, 0.3) is 0 Å². The van der Waals surface area contributed by atoms with Gasteiger partial charge in [0.15, 0.2) is 0 Å². The molecule has 0 radical (unpaired) electrons. The van der Waals surface area contributed by atoms with Crippen LogP contribution in [0.3, 0.4) is 0 Å². The Labute approximate surface area is 107 Å². The second-order valence-corrected chi connectivity index (χ2v) is 5.93. The van der Waals surface area contributed by atoms with Crippen molar-refractivity contribution in [1.82, 2.24) is 16.0 Å². The van der Waals surface area contributed by atoms with E-state index in [1.807, 2.05) is 6.26 Å². The van der Waals surface area contributed by atoms with Crippen LogP contribution in [0.2, 0.25) is 0 Å². The molecule has 1 unspecified atom stereocenters. The molecule has 0 saturated carbocycles. The summed E-state index contributed by atoms with van der Waals surface area (Å²) in [6.07, 6.45) is 2.03. The molecular formula is C11H23N3O2S. The first-order chi connectivity index (χ1) is 7.82. The van der Waals surface area contributed by atoms with Crippen LogP contribution in [0.15, 0.2) is 0 Å². The van der Waals surface area contributed by atoms with Gasteiger partial charge < -0.3 is 10.6 Å². The Balaban J connectivity index is 4.02. The monoisotopic (exact) mass is 261 g/mol. The first-order valence-electron chi connectivity index (χ1n) is 5.69. The van der Waals surface area contributed by atoms with E-state index in [1.54, 1.807) is 25.6 Å². The Morgan fingerprint density at radius 3 is 2.41 bits per heavy atom. The number of thioether (sulfide) groups is 1. The van der Waals surface area contributed by atoms with Crippen LogP contribution >= 0.6 is 11.8 Å². The fraction of sp³-hybridized carbons (Fsp3) is 0.818. The maximum Gasteiger partial charge on any atom is 0.321 e.